The molecule has 6 nitrogen and oxygen atoms in total. The molecule has 0 saturated carbocycles. The number of carbonyl (C=O) groups excluding carboxylic acids is 1. The van der Waals surface area contributed by atoms with Gasteiger partial charge in [0.25, 0.3) is 0 Å². The first-order chi connectivity index (χ1) is 11.1. The minimum Gasteiger partial charge on any atom is -0.338 e. The van der Waals surface area contributed by atoms with Crippen LogP contribution in [0.3, 0.4) is 0 Å². The van der Waals surface area contributed by atoms with Gasteiger partial charge in [-0.2, -0.15) is 10.2 Å². The Kier molecular flexibility index (Phi) is 4.50. The van der Waals surface area contributed by atoms with Crippen molar-refractivity contribution in [3.63, 3.8) is 0 Å². The molecule has 1 fully saturated rings. The summed E-state index contributed by atoms with van der Waals surface area (Å²) in [7, 11) is 1.95. The average Bonchev–Trinajstić information content (AvgIpc) is 3.22. The second kappa shape index (κ2) is 6.56. The molecule has 3 heterocycles. The van der Waals surface area contributed by atoms with Crippen molar-refractivity contribution in [3.05, 3.63) is 35.4 Å². The Labute approximate surface area is 137 Å². The van der Waals surface area contributed by atoms with Crippen LogP contribution in [0.15, 0.2) is 18.5 Å². The summed E-state index contributed by atoms with van der Waals surface area (Å²) in [5.41, 5.74) is 3.40. The summed E-state index contributed by atoms with van der Waals surface area (Å²) in [4.78, 5) is 14.7. The SMILES string of the molecule is Cc1nn(C)c(C)c1CCC(=O)N1CCC[C@H]1Cn1cccn1. The molecule has 0 radical (unpaired) electrons. The van der Waals surface area contributed by atoms with E-state index in [0.717, 1.165) is 43.7 Å². The maximum Gasteiger partial charge on any atom is 0.223 e. The molecule has 3 rings (SSSR count). The minimum absolute atomic E-state index is 0.252. The van der Waals surface area contributed by atoms with E-state index in [1.807, 2.05) is 40.5 Å². The number of aromatic nitrogens is 4. The van der Waals surface area contributed by atoms with E-state index < -0.39 is 0 Å². The number of hydrogen-bond acceptors (Lipinski definition) is 3. The largest absolute Gasteiger partial charge is 0.338 e. The van der Waals surface area contributed by atoms with E-state index >= 15 is 0 Å². The third-order valence-electron chi connectivity index (χ3n) is 4.90. The maximum atomic E-state index is 12.7. The van der Waals surface area contributed by atoms with Crippen LogP contribution in [0.25, 0.3) is 0 Å². The highest BCUT2D eigenvalue weighted by Gasteiger charge is 2.29. The van der Waals surface area contributed by atoms with Gasteiger partial charge < -0.3 is 4.90 Å². The highest BCUT2D eigenvalue weighted by atomic mass is 16.2. The van der Waals surface area contributed by atoms with Crippen molar-refractivity contribution in [3.8, 4) is 0 Å². The molecule has 1 aliphatic heterocycles. The Morgan fingerprint density at radius 1 is 1.39 bits per heavy atom. The fraction of sp³-hybridized carbons (Fsp3) is 0.588. The fourth-order valence-electron chi connectivity index (χ4n) is 3.53. The molecule has 1 saturated heterocycles. The number of carbonyl (C=O) groups is 1. The van der Waals surface area contributed by atoms with Crippen LogP contribution in [0.1, 0.15) is 36.2 Å². The van der Waals surface area contributed by atoms with Gasteiger partial charge in [0.1, 0.15) is 0 Å². The third kappa shape index (κ3) is 3.30. The molecule has 1 aliphatic rings. The topological polar surface area (TPSA) is 56.0 Å². The number of rotatable bonds is 5. The van der Waals surface area contributed by atoms with E-state index in [2.05, 4.69) is 17.1 Å². The van der Waals surface area contributed by atoms with Crippen molar-refractivity contribution in [1.82, 2.24) is 24.5 Å². The maximum absolute atomic E-state index is 12.7. The molecule has 2 aromatic heterocycles. The lowest BCUT2D eigenvalue weighted by Gasteiger charge is -2.24. The van der Waals surface area contributed by atoms with E-state index in [1.54, 1.807) is 6.20 Å². The number of nitrogens with zero attached hydrogens (tertiary/aromatic N) is 5. The minimum atomic E-state index is 0.252. The van der Waals surface area contributed by atoms with E-state index in [-0.39, 0.29) is 11.9 Å². The summed E-state index contributed by atoms with van der Waals surface area (Å²) in [5, 5.41) is 8.69. The normalized spacial score (nSPS) is 17.9. The summed E-state index contributed by atoms with van der Waals surface area (Å²) in [6.07, 6.45) is 7.23. The first-order valence-electron chi connectivity index (χ1n) is 8.32. The quantitative estimate of drug-likeness (QED) is 0.846. The summed E-state index contributed by atoms with van der Waals surface area (Å²) in [5.74, 6) is 0.252. The zero-order valence-electron chi connectivity index (χ0n) is 14.2. The Morgan fingerprint density at radius 2 is 2.22 bits per heavy atom. The molecule has 0 spiro atoms. The first-order valence-corrected chi connectivity index (χ1v) is 8.32. The van der Waals surface area contributed by atoms with Crippen molar-refractivity contribution < 1.29 is 4.79 Å². The lowest BCUT2D eigenvalue weighted by molar-refractivity contribution is -0.132. The lowest BCUT2D eigenvalue weighted by atomic mass is 10.1. The second-order valence-electron chi connectivity index (χ2n) is 6.38. The summed E-state index contributed by atoms with van der Waals surface area (Å²) in [6, 6.07) is 2.20. The molecule has 2 aromatic rings. The monoisotopic (exact) mass is 315 g/mol. The van der Waals surface area contributed by atoms with E-state index in [1.165, 1.54) is 5.56 Å². The molecule has 1 amide bonds. The number of aryl methyl sites for hydroxylation is 2. The summed E-state index contributed by atoms with van der Waals surface area (Å²) >= 11 is 0. The van der Waals surface area contributed by atoms with Crippen LogP contribution in [0, 0.1) is 13.8 Å². The van der Waals surface area contributed by atoms with Crippen LogP contribution in [0.2, 0.25) is 0 Å². The van der Waals surface area contributed by atoms with Crippen molar-refractivity contribution >= 4 is 5.91 Å². The molecule has 0 bridgehead atoms. The van der Waals surface area contributed by atoms with Gasteiger partial charge in [-0.15, -0.1) is 0 Å². The predicted octanol–water partition coefficient (Wildman–Crippen LogP) is 1.86. The van der Waals surface area contributed by atoms with Crippen LogP contribution in [-0.2, 0) is 24.8 Å². The Morgan fingerprint density at radius 3 is 2.87 bits per heavy atom. The molecule has 0 aromatic carbocycles. The van der Waals surface area contributed by atoms with E-state index in [9.17, 15) is 4.79 Å². The number of amides is 1. The van der Waals surface area contributed by atoms with Gasteiger partial charge in [0.05, 0.1) is 18.3 Å². The Hall–Kier alpha value is -2.11. The number of likely N-dealkylation sites (tertiary alicyclic amines) is 1. The Balaban J connectivity index is 1.61. The average molecular weight is 315 g/mol. The molecule has 23 heavy (non-hydrogen) atoms. The van der Waals surface area contributed by atoms with E-state index in [4.69, 9.17) is 0 Å². The van der Waals surface area contributed by atoms with Gasteiger partial charge >= 0.3 is 0 Å². The molecule has 0 unspecified atom stereocenters. The lowest BCUT2D eigenvalue weighted by Crippen LogP contribution is -2.38. The van der Waals surface area contributed by atoms with Gasteiger partial charge in [-0.1, -0.05) is 0 Å². The molecule has 0 aliphatic carbocycles. The van der Waals surface area contributed by atoms with Crippen LogP contribution in [0.5, 0.6) is 0 Å². The molecular weight excluding hydrogens is 290 g/mol. The predicted molar refractivity (Wildman–Crippen MR) is 88.0 cm³/mol. The molecule has 6 heteroatoms. The smallest absolute Gasteiger partial charge is 0.223 e. The van der Waals surface area contributed by atoms with Gasteiger partial charge in [0.15, 0.2) is 0 Å². The zero-order chi connectivity index (χ0) is 16.4. The Bertz CT molecular complexity index is 673. The summed E-state index contributed by atoms with van der Waals surface area (Å²) in [6.45, 7) is 5.75. The van der Waals surface area contributed by atoms with Crippen LogP contribution >= 0.6 is 0 Å². The van der Waals surface area contributed by atoms with Gasteiger partial charge in [-0.05, 0) is 44.7 Å². The number of hydrogen-bond donors (Lipinski definition) is 0. The van der Waals surface area contributed by atoms with Crippen molar-refractivity contribution in [2.75, 3.05) is 6.54 Å². The standard InChI is InChI=1S/C17H25N5O/c1-13-16(14(2)20(3)19-13)7-8-17(23)22-11-4-6-15(22)12-21-10-5-9-18-21/h5,9-10,15H,4,6-8,11-12H2,1-3H3/t15-/m0/s1. The first kappa shape index (κ1) is 15.8. The van der Waals surface area contributed by atoms with Gasteiger partial charge in [-0.3, -0.25) is 14.2 Å². The molecule has 124 valence electrons. The third-order valence-corrected chi connectivity index (χ3v) is 4.90. The fourth-order valence-corrected chi connectivity index (χ4v) is 3.53. The molecule has 0 N–H and O–H groups in total. The zero-order valence-corrected chi connectivity index (χ0v) is 14.2. The van der Waals surface area contributed by atoms with Crippen molar-refractivity contribution in [2.45, 2.75) is 52.1 Å². The molecule has 1 atom stereocenters. The van der Waals surface area contributed by atoms with Crippen LogP contribution in [-0.4, -0.2) is 43.0 Å². The van der Waals surface area contributed by atoms with Crippen molar-refractivity contribution in [1.29, 1.82) is 0 Å². The van der Waals surface area contributed by atoms with Gasteiger partial charge in [0, 0.05) is 38.1 Å². The van der Waals surface area contributed by atoms with Crippen LogP contribution < -0.4 is 0 Å². The van der Waals surface area contributed by atoms with Crippen molar-refractivity contribution in [2.24, 2.45) is 7.05 Å². The second-order valence-corrected chi connectivity index (χ2v) is 6.38. The van der Waals surface area contributed by atoms with Gasteiger partial charge in [0.2, 0.25) is 5.91 Å². The highest BCUT2D eigenvalue weighted by molar-refractivity contribution is 5.77. The summed E-state index contributed by atoms with van der Waals surface area (Å²) < 4.78 is 3.82. The van der Waals surface area contributed by atoms with Crippen LogP contribution in [0.4, 0.5) is 0 Å². The van der Waals surface area contributed by atoms with E-state index in [0.29, 0.717) is 6.42 Å². The van der Waals surface area contributed by atoms with Gasteiger partial charge in [-0.25, -0.2) is 0 Å². The highest BCUT2D eigenvalue weighted by Crippen LogP contribution is 2.21. The molecular formula is C17H25N5O.